The Bertz CT molecular complexity index is 1250. The number of fused-ring (bicyclic) bond motifs is 2. The zero-order valence-corrected chi connectivity index (χ0v) is 21.7. The van der Waals surface area contributed by atoms with E-state index in [1.165, 1.54) is 5.56 Å². The average Bonchev–Trinajstić information content (AvgIpc) is 3.17. The number of anilines is 1. The van der Waals surface area contributed by atoms with Gasteiger partial charge >= 0.3 is 5.91 Å². The predicted molar refractivity (Wildman–Crippen MR) is 137 cm³/mol. The lowest BCUT2D eigenvalue weighted by atomic mass is 9.79. The summed E-state index contributed by atoms with van der Waals surface area (Å²) in [6.45, 7) is 9.83. The Morgan fingerprint density at radius 3 is 2.82 bits per heavy atom. The van der Waals surface area contributed by atoms with Crippen molar-refractivity contribution in [3.63, 3.8) is 0 Å². The smallest absolute Gasteiger partial charge is 0.307 e. The molecule has 33 heavy (non-hydrogen) atoms. The highest BCUT2D eigenvalue weighted by Crippen LogP contribution is 2.44. The number of halogens is 2. The third-order valence-electron chi connectivity index (χ3n) is 6.18. The lowest BCUT2D eigenvalue weighted by Crippen LogP contribution is -2.48. The van der Waals surface area contributed by atoms with Gasteiger partial charge in [-0.1, -0.05) is 34.5 Å². The van der Waals surface area contributed by atoms with Gasteiger partial charge in [0.1, 0.15) is 0 Å². The summed E-state index contributed by atoms with van der Waals surface area (Å²) in [4.78, 5) is 15.0. The molecule has 1 aliphatic rings. The highest BCUT2D eigenvalue weighted by Gasteiger charge is 2.35. The van der Waals surface area contributed by atoms with Crippen molar-refractivity contribution in [3.8, 4) is 5.75 Å². The highest BCUT2D eigenvalue weighted by molar-refractivity contribution is 9.10. The average molecular weight is 533 g/mol. The lowest BCUT2D eigenvalue weighted by molar-refractivity contribution is 0.0929. The van der Waals surface area contributed by atoms with Gasteiger partial charge in [-0.3, -0.25) is 4.79 Å². The number of ether oxygens (including phenoxy) is 1. The molecular weight excluding hydrogens is 506 g/mol. The number of amides is 1. The third-order valence-corrected chi connectivity index (χ3v) is 6.97. The fourth-order valence-electron chi connectivity index (χ4n) is 4.78. The van der Waals surface area contributed by atoms with Crippen molar-refractivity contribution in [2.75, 3.05) is 18.6 Å². The molecule has 1 unspecified atom stereocenters. The van der Waals surface area contributed by atoms with E-state index < -0.39 is 5.91 Å². The quantitative estimate of drug-likeness (QED) is 0.292. The van der Waals surface area contributed by atoms with Crippen molar-refractivity contribution in [2.45, 2.75) is 45.6 Å². The minimum absolute atomic E-state index is 0.0684. The van der Waals surface area contributed by atoms with Crippen LogP contribution in [0.4, 0.5) is 5.69 Å². The first-order valence-corrected chi connectivity index (χ1v) is 12.0. The lowest BCUT2D eigenvalue weighted by Gasteiger charge is -2.47. The van der Waals surface area contributed by atoms with Crippen LogP contribution in [0.2, 0.25) is 5.02 Å². The molecule has 0 spiro atoms. The van der Waals surface area contributed by atoms with Gasteiger partial charge in [-0.05, 0) is 69.0 Å². The molecule has 0 bridgehead atoms. The van der Waals surface area contributed by atoms with Gasteiger partial charge in [-0.15, -0.1) is 0 Å². The summed E-state index contributed by atoms with van der Waals surface area (Å²) in [5.74, 6) is 0.620. The number of rotatable bonds is 5. The van der Waals surface area contributed by atoms with Crippen LogP contribution in [0.5, 0.6) is 5.75 Å². The molecule has 2 heterocycles. The van der Waals surface area contributed by atoms with E-state index in [0.717, 1.165) is 34.1 Å². The van der Waals surface area contributed by atoms with Crippen LogP contribution in [0.3, 0.4) is 0 Å². The zero-order chi connectivity index (χ0) is 23.9. The minimum atomic E-state index is -0.456. The Hall–Kier alpha value is -2.51. The molecule has 0 fully saturated rings. The molecule has 174 valence electrons. The Labute approximate surface area is 207 Å². The van der Waals surface area contributed by atoms with E-state index in [2.05, 4.69) is 65.1 Å². The molecule has 0 saturated heterocycles. The molecule has 6 nitrogen and oxygen atoms in total. The first-order chi connectivity index (χ1) is 15.6. The van der Waals surface area contributed by atoms with Crippen molar-refractivity contribution >= 4 is 56.3 Å². The van der Waals surface area contributed by atoms with E-state index in [4.69, 9.17) is 20.8 Å². The molecule has 1 atom stereocenters. The fraction of sp³-hybridized carbons (Fsp3) is 0.360. The molecule has 2 aromatic carbocycles. The number of hydrazone groups is 1. The van der Waals surface area contributed by atoms with E-state index in [9.17, 15) is 4.79 Å². The zero-order valence-electron chi connectivity index (χ0n) is 19.3. The van der Waals surface area contributed by atoms with E-state index in [1.54, 1.807) is 25.5 Å². The first kappa shape index (κ1) is 23.6. The molecule has 1 aromatic heterocycles. The summed E-state index contributed by atoms with van der Waals surface area (Å²) >= 11 is 10.0. The Morgan fingerprint density at radius 1 is 1.36 bits per heavy atom. The van der Waals surface area contributed by atoms with Crippen molar-refractivity contribution in [3.05, 3.63) is 56.7 Å². The monoisotopic (exact) mass is 531 g/mol. The highest BCUT2D eigenvalue weighted by atomic mass is 79.9. The fourth-order valence-corrected chi connectivity index (χ4v) is 5.44. The summed E-state index contributed by atoms with van der Waals surface area (Å²) in [5.41, 5.74) is 6.26. The van der Waals surface area contributed by atoms with Gasteiger partial charge in [0.15, 0.2) is 17.1 Å². The van der Waals surface area contributed by atoms with Crippen molar-refractivity contribution in [1.82, 2.24) is 5.43 Å². The number of methoxy groups -OCH3 is 1. The summed E-state index contributed by atoms with van der Waals surface area (Å²) in [6.07, 6.45) is 2.62. The van der Waals surface area contributed by atoms with Gasteiger partial charge in [-0.2, -0.15) is 5.10 Å². The minimum Gasteiger partial charge on any atom is -0.493 e. The number of hydrogen-bond acceptors (Lipinski definition) is 5. The number of benzene rings is 2. The summed E-state index contributed by atoms with van der Waals surface area (Å²) < 4.78 is 11.9. The largest absolute Gasteiger partial charge is 0.493 e. The van der Waals surface area contributed by atoms with Crippen LogP contribution in [-0.2, 0) is 0 Å². The summed E-state index contributed by atoms with van der Waals surface area (Å²) in [6, 6.07) is 9.37. The topological polar surface area (TPSA) is 67.1 Å². The number of nitrogens with one attached hydrogen (secondary N) is 1. The third kappa shape index (κ3) is 4.49. The Morgan fingerprint density at radius 2 is 2.12 bits per heavy atom. The molecular formula is C25H27BrClN3O3. The molecule has 1 aliphatic heterocycles. The molecule has 8 heteroatoms. The van der Waals surface area contributed by atoms with Crippen molar-refractivity contribution < 1.29 is 13.9 Å². The summed E-state index contributed by atoms with van der Waals surface area (Å²) in [7, 11) is 1.55. The molecule has 4 rings (SSSR count). The maximum atomic E-state index is 12.6. The van der Waals surface area contributed by atoms with Gasteiger partial charge in [0.2, 0.25) is 0 Å². The maximum absolute atomic E-state index is 12.6. The molecule has 3 aromatic rings. The maximum Gasteiger partial charge on any atom is 0.307 e. The van der Waals surface area contributed by atoms with Gasteiger partial charge in [0.25, 0.3) is 0 Å². The molecule has 0 aliphatic carbocycles. The van der Waals surface area contributed by atoms with Crippen LogP contribution >= 0.6 is 27.5 Å². The normalized spacial score (nSPS) is 17.4. The summed E-state index contributed by atoms with van der Waals surface area (Å²) in [5, 5.41) is 5.47. The van der Waals surface area contributed by atoms with Crippen LogP contribution in [0.25, 0.3) is 11.0 Å². The SMILES string of the molecule is CCN1c2cc(Cl)c(/C=N\NC(=O)c3cc4cc(Br)cc(OC)c4o3)cc2C(C)CC1(C)C. The van der Waals surface area contributed by atoms with Crippen molar-refractivity contribution in [1.29, 1.82) is 0 Å². The number of nitrogens with zero attached hydrogens (tertiary/aromatic N) is 2. The Kier molecular flexibility index (Phi) is 6.47. The van der Waals surface area contributed by atoms with Crippen LogP contribution < -0.4 is 15.1 Å². The predicted octanol–water partition coefficient (Wildman–Crippen LogP) is 6.73. The Balaban J connectivity index is 1.56. The van der Waals surface area contributed by atoms with E-state index >= 15 is 0 Å². The van der Waals surface area contributed by atoms with Crippen molar-refractivity contribution in [2.24, 2.45) is 5.10 Å². The number of carbonyl (C=O) groups excluding carboxylic acids is 1. The standard InChI is InChI=1S/C25H27BrClN3O3/c1-6-30-20-11-19(27)16(8-18(20)14(2)12-25(30,3)4)13-28-29-24(31)22-9-15-7-17(26)10-21(32-5)23(15)33-22/h7-11,13-14H,6,12H2,1-5H3,(H,29,31)/b28-13-. The molecule has 1 N–H and O–H groups in total. The number of hydrogen-bond donors (Lipinski definition) is 1. The van der Waals surface area contributed by atoms with Gasteiger partial charge in [0.05, 0.1) is 18.3 Å². The number of furan rings is 1. The number of carbonyl (C=O) groups is 1. The molecule has 0 radical (unpaired) electrons. The molecule has 1 amide bonds. The van der Waals surface area contributed by atoms with Crippen LogP contribution in [0.1, 0.15) is 61.7 Å². The van der Waals surface area contributed by atoms with E-state index in [1.807, 2.05) is 12.1 Å². The van der Waals surface area contributed by atoms with E-state index in [-0.39, 0.29) is 11.3 Å². The van der Waals surface area contributed by atoms with Gasteiger partial charge in [0, 0.05) is 33.2 Å². The second kappa shape index (κ2) is 9.03. The van der Waals surface area contributed by atoms with Crippen LogP contribution in [0, 0.1) is 0 Å². The van der Waals surface area contributed by atoms with Crippen LogP contribution in [-0.4, -0.2) is 31.3 Å². The van der Waals surface area contributed by atoms with Gasteiger partial charge in [-0.25, -0.2) is 5.43 Å². The van der Waals surface area contributed by atoms with Gasteiger partial charge < -0.3 is 14.1 Å². The second-order valence-electron chi connectivity index (χ2n) is 8.93. The second-order valence-corrected chi connectivity index (χ2v) is 10.3. The van der Waals surface area contributed by atoms with Crippen LogP contribution in [0.15, 0.2) is 44.3 Å². The van der Waals surface area contributed by atoms with E-state index in [0.29, 0.717) is 22.3 Å². The molecule has 0 saturated carbocycles. The first-order valence-electron chi connectivity index (χ1n) is 10.9.